The summed E-state index contributed by atoms with van der Waals surface area (Å²) in [6.45, 7) is 0.244. The van der Waals surface area contributed by atoms with E-state index in [9.17, 15) is 17.6 Å². The summed E-state index contributed by atoms with van der Waals surface area (Å²) in [5, 5.41) is 0. The predicted molar refractivity (Wildman–Crippen MR) is 50.9 cm³/mol. The van der Waals surface area contributed by atoms with Crippen LogP contribution in [0.4, 0.5) is 17.6 Å². The summed E-state index contributed by atoms with van der Waals surface area (Å²) < 4.78 is 50.0. The van der Waals surface area contributed by atoms with Crippen LogP contribution in [0.15, 0.2) is 0 Å². The zero-order valence-electron chi connectivity index (χ0n) is 8.35. The highest BCUT2D eigenvalue weighted by molar-refractivity contribution is 5.85. The Morgan fingerprint density at radius 1 is 1.13 bits per heavy atom. The summed E-state index contributed by atoms with van der Waals surface area (Å²) in [6.07, 6.45) is -0.440. The molecule has 0 radical (unpaired) electrons. The fourth-order valence-electron chi connectivity index (χ4n) is 1.91. The molecule has 0 saturated heterocycles. The van der Waals surface area contributed by atoms with E-state index < -0.39 is 17.8 Å². The van der Waals surface area contributed by atoms with Crippen molar-refractivity contribution in [3.63, 3.8) is 0 Å². The smallest absolute Gasteiger partial charge is 0.252 e. The van der Waals surface area contributed by atoms with Gasteiger partial charge in [0.2, 0.25) is 0 Å². The van der Waals surface area contributed by atoms with Gasteiger partial charge in [0, 0.05) is 37.8 Å². The summed E-state index contributed by atoms with van der Waals surface area (Å²) in [5.74, 6) is -5.72. The molecule has 0 amide bonds. The number of alkyl halides is 4. The van der Waals surface area contributed by atoms with E-state index in [2.05, 4.69) is 0 Å². The highest BCUT2D eigenvalue weighted by Crippen LogP contribution is 2.50. The minimum Gasteiger partial charge on any atom is -0.302 e. The molecule has 1 unspecified atom stereocenters. The Labute approximate surface area is 92.2 Å². The quantitative estimate of drug-likeness (QED) is 0.694. The molecule has 2 fully saturated rings. The van der Waals surface area contributed by atoms with Crippen LogP contribution in [-0.4, -0.2) is 36.4 Å². The van der Waals surface area contributed by atoms with Crippen LogP contribution in [-0.2, 0) is 0 Å². The van der Waals surface area contributed by atoms with Crippen LogP contribution >= 0.6 is 12.4 Å². The number of hydrogen-bond acceptors (Lipinski definition) is 1. The molecule has 0 N–H and O–H groups in total. The highest BCUT2D eigenvalue weighted by Gasteiger charge is 2.58. The zero-order valence-corrected chi connectivity index (χ0v) is 9.17. The molecule has 6 heteroatoms. The Morgan fingerprint density at radius 3 is 1.93 bits per heavy atom. The van der Waals surface area contributed by atoms with E-state index in [-0.39, 0.29) is 44.3 Å². The molecule has 0 aromatic heterocycles. The van der Waals surface area contributed by atoms with Crippen molar-refractivity contribution in [3.05, 3.63) is 0 Å². The van der Waals surface area contributed by atoms with Crippen molar-refractivity contribution in [3.8, 4) is 0 Å². The third-order valence-electron chi connectivity index (χ3n) is 3.16. The molecule has 2 saturated carbocycles. The first-order valence-electron chi connectivity index (χ1n) is 4.76. The average Bonchev–Trinajstić information content (AvgIpc) is 2.53. The lowest BCUT2D eigenvalue weighted by Crippen LogP contribution is -2.49. The van der Waals surface area contributed by atoms with Crippen LogP contribution in [0.1, 0.15) is 19.3 Å². The lowest BCUT2D eigenvalue weighted by Gasteiger charge is -2.40. The molecular formula is C9H14ClF4N. The van der Waals surface area contributed by atoms with Gasteiger partial charge in [0.1, 0.15) is 0 Å². The van der Waals surface area contributed by atoms with E-state index in [0.717, 1.165) is 0 Å². The maximum Gasteiger partial charge on any atom is 0.252 e. The topological polar surface area (TPSA) is 3.24 Å². The van der Waals surface area contributed by atoms with Crippen LogP contribution in [0.25, 0.3) is 0 Å². The fraction of sp³-hybridized carbons (Fsp3) is 1.00. The van der Waals surface area contributed by atoms with Crippen molar-refractivity contribution >= 4 is 12.4 Å². The molecule has 0 bridgehead atoms. The molecule has 0 aromatic carbocycles. The normalized spacial score (nSPS) is 32.0. The van der Waals surface area contributed by atoms with Gasteiger partial charge in [0.15, 0.2) is 0 Å². The molecule has 0 aromatic rings. The molecule has 2 aliphatic rings. The number of halogens is 5. The van der Waals surface area contributed by atoms with Crippen LogP contribution in [0.3, 0.4) is 0 Å². The van der Waals surface area contributed by atoms with E-state index >= 15 is 0 Å². The Hall–Kier alpha value is -0.0300. The van der Waals surface area contributed by atoms with Crippen molar-refractivity contribution in [2.24, 2.45) is 5.92 Å². The largest absolute Gasteiger partial charge is 0.302 e. The van der Waals surface area contributed by atoms with Crippen molar-refractivity contribution < 1.29 is 17.6 Å². The number of nitrogens with zero attached hydrogens (tertiary/aromatic N) is 1. The van der Waals surface area contributed by atoms with Crippen LogP contribution < -0.4 is 0 Å². The lowest BCUT2D eigenvalue weighted by molar-refractivity contribution is -0.121. The molecule has 15 heavy (non-hydrogen) atoms. The van der Waals surface area contributed by atoms with E-state index in [4.69, 9.17) is 0 Å². The maximum absolute atomic E-state index is 12.5. The van der Waals surface area contributed by atoms with Gasteiger partial charge in [-0.2, -0.15) is 0 Å². The van der Waals surface area contributed by atoms with Gasteiger partial charge < -0.3 is 4.90 Å². The van der Waals surface area contributed by atoms with E-state index in [0.29, 0.717) is 0 Å². The monoisotopic (exact) mass is 247 g/mol. The van der Waals surface area contributed by atoms with E-state index in [1.165, 1.54) is 0 Å². The van der Waals surface area contributed by atoms with Gasteiger partial charge in [0.25, 0.3) is 11.8 Å². The zero-order chi connectivity index (χ0) is 10.6. The van der Waals surface area contributed by atoms with Crippen LogP contribution in [0, 0.1) is 5.92 Å². The summed E-state index contributed by atoms with van der Waals surface area (Å²) in [5.41, 5.74) is 0. The van der Waals surface area contributed by atoms with Crippen molar-refractivity contribution in [1.29, 1.82) is 0 Å². The first kappa shape index (κ1) is 13.0. The average molecular weight is 248 g/mol. The SMILES string of the molecule is CN(CC1CC1(F)F)C1CC(F)(F)C1.Cl. The Balaban J connectivity index is 0.00000112. The summed E-state index contributed by atoms with van der Waals surface area (Å²) in [6, 6.07) is -0.207. The number of hydrogen-bond donors (Lipinski definition) is 0. The Kier molecular flexibility index (Phi) is 3.28. The van der Waals surface area contributed by atoms with Crippen LogP contribution in [0.2, 0.25) is 0 Å². The van der Waals surface area contributed by atoms with Crippen LogP contribution in [0.5, 0.6) is 0 Å². The molecule has 1 atom stereocenters. The van der Waals surface area contributed by atoms with Crippen molar-refractivity contribution in [2.45, 2.75) is 37.1 Å². The standard InChI is InChI=1S/C9H13F4N.ClH/c1-14(5-6-2-9(6,12)13)7-3-8(10,11)4-7;/h6-7H,2-5H2,1H3;1H. The Morgan fingerprint density at radius 2 is 1.60 bits per heavy atom. The van der Waals surface area contributed by atoms with E-state index in [1.54, 1.807) is 11.9 Å². The predicted octanol–water partition coefficient (Wildman–Crippen LogP) is 2.79. The van der Waals surface area contributed by atoms with Gasteiger partial charge >= 0.3 is 0 Å². The second-order valence-corrected chi connectivity index (χ2v) is 4.52. The molecule has 0 spiro atoms. The number of rotatable bonds is 3. The summed E-state index contributed by atoms with van der Waals surface area (Å²) in [4.78, 5) is 1.64. The minimum atomic E-state index is -2.56. The third-order valence-corrected chi connectivity index (χ3v) is 3.16. The molecule has 0 heterocycles. The van der Waals surface area contributed by atoms with Gasteiger partial charge in [-0.15, -0.1) is 12.4 Å². The molecule has 90 valence electrons. The van der Waals surface area contributed by atoms with Crippen molar-refractivity contribution in [2.75, 3.05) is 13.6 Å². The van der Waals surface area contributed by atoms with Gasteiger partial charge in [-0.05, 0) is 7.05 Å². The minimum absolute atomic E-state index is 0. The van der Waals surface area contributed by atoms with Gasteiger partial charge in [-0.3, -0.25) is 0 Å². The second-order valence-electron chi connectivity index (χ2n) is 4.52. The third kappa shape index (κ3) is 2.75. The first-order chi connectivity index (χ1) is 6.30. The highest BCUT2D eigenvalue weighted by atomic mass is 35.5. The molecular weight excluding hydrogens is 234 g/mol. The van der Waals surface area contributed by atoms with Gasteiger partial charge in [-0.1, -0.05) is 0 Å². The summed E-state index contributed by atoms with van der Waals surface area (Å²) >= 11 is 0. The molecule has 1 nitrogen and oxygen atoms in total. The van der Waals surface area contributed by atoms with Gasteiger partial charge in [-0.25, -0.2) is 17.6 Å². The molecule has 2 rings (SSSR count). The molecule has 2 aliphatic carbocycles. The lowest BCUT2D eigenvalue weighted by atomic mass is 9.87. The van der Waals surface area contributed by atoms with Crippen molar-refractivity contribution in [1.82, 2.24) is 4.90 Å². The first-order valence-corrected chi connectivity index (χ1v) is 4.76. The summed E-state index contributed by atoms with van der Waals surface area (Å²) in [7, 11) is 1.65. The van der Waals surface area contributed by atoms with E-state index in [1.807, 2.05) is 0 Å². The fourth-order valence-corrected chi connectivity index (χ4v) is 1.91. The molecule has 0 aliphatic heterocycles. The maximum atomic E-state index is 12.5. The Bertz CT molecular complexity index is 238. The second kappa shape index (κ2) is 3.77. The van der Waals surface area contributed by atoms with Gasteiger partial charge in [0.05, 0.1) is 0 Å².